The summed E-state index contributed by atoms with van der Waals surface area (Å²) in [7, 11) is 0. The number of carbonyl (C=O) groups excluding carboxylic acids is 1. The van der Waals surface area contributed by atoms with Gasteiger partial charge in [-0.15, -0.1) is 0 Å². The van der Waals surface area contributed by atoms with E-state index in [2.05, 4.69) is 10.5 Å². The summed E-state index contributed by atoms with van der Waals surface area (Å²) in [4.78, 5) is 12.2. The molecule has 0 unspecified atom stereocenters. The third-order valence-electron chi connectivity index (χ3n) is 3.76. The lowest BCUT2D eigenvalue weighted by atomic mass is 9.99. The van der Waals surface area contributed by atoms with E-state index < -0.39 is 6.10 Å². The molecule has 0 fully saturated rings. The minimum Gasteiger partial charge on any atom is -0.382 e. The largest absolute Gasteiger partial charge is 0.382 e. The van der Waals surface area contributed by atoms with Crippen LogP contribution in [0.4, 0.5) is 0 Å². The van der Waals surface area contributed by atoms with Crippen molar-refractivity contribution in [2.75, 3.05) is 0 Å². The number of nitrogens with zero attached hydrogens (tertiary/aromatic N) is 1. The molecule has 4 nitrogen and oxygen atoms in total. The number of rotatable bonds is 5. The third kappa shape index (κ3) is 4.19. The summed E-state index contributed by atoms with van der Waals surface area (Å²) in [5.41, 5.74) is 4.88. The zero-order chi connectivity index (χ0) is 17.5. The summed E-state index contributed by atoms with van der Waals surface area (Å²) < 4.78 is 0. The van der Waals surface area contributed by atoms with Gasteiger partial charge in [-0.05, 0) is 17.7 Å². The summed E-state index contributed by atoms with van der Waals surface area (Å²) in [5, 5.41) is 14.9. The van der Waals surface area contributed by atoms with E-state index in [0.717, 1.165) is 5.56 Å². The summed E-state index contributed by atoms with van der Waals surface area (Å²) >= 11 is 0. The van der Waals surface area contributed by atoms with E-state index in [1.807, 2.05) is 66.7 Å². The molecule has 0 bridgehead atoms. The van der Waals surface area contributed by atoms with Gasteiger partial charge in [0.05, 0.1) is 0 Å². The molecule has 3 aromatic rings. The number of nitrogens with one attached hydrogen (secondary N) is 1. The lowest BCUT2D eigenvalue weighted by Crippen LogP contribution is -2.23. The highest BCUT2D eigenvalue weighted by atomic mass is 16.3. The topological polar surface area (TPSA) is 61.7 Å². The van der Waals surface area contributed by atoms with Crippen molar-refractivity contribution in [1.82, 2.24) is 5.43 Å². The molecule has 3 rings (SSSR count). The Hall–Kier alpha value is -3.24. The van der Waals surface area contributed by atoms with Gasteiger partial charge in [0.1, 0.15) is 11.8 Å². The second-order valence-electron chi connectivity index (χ2n) is 5.48. The van der Waals surface area contributed by atoms with Gasteiger partial charge in [0.25, 0.3) is 5.91 Å². The number of amides is 1. The maximum Gasteiger partial charge on any atom is 0.271 e. The van der Waals surface area contributed by atoms with E-state index in [9.17, 15) is 9.90 Å². The van der Waals surface area contributed by atoms with Gasteiger partial charge in [-0.3, -0.25) is 4.79 Å². The SMILES string of the molecule is O=C(N/N=C(/c1ccccc1)[C@H](O)c1ccccc1)c1ccccc1. The number of aliphatic hydroxyl groups is 1. The van der Waals surface area contributed by atoms with Crippen LogP contribution in [0.2, 0.25) is 0 Å². The second kappa shape index (κ2) is 8.04. The molecule has 4 heteroatoms. The average Bonchev–Trinajstić information content (AvgIpc) is 2.70. The molecule has 0 radical (unpaired) electrons. The molecule has 0 aliphatic carbocycles. The van der Waals surface area contributed by atoms with E-state index in [-0.39, 0.29) is 5.91 Å². The van der Waals surface area contributed by atoms with Crippen molar-refractivity contribution in [1.29, 1.82) is 0 Å². The van der Waals surface area contributed by atoms with E-state index >= 15 is 0 Å². The Morgan fingerprint density at radius 1 is 0.760 bits per heavy atom. The Kier molecular flexibility index (Phi) is 5.34. The number of aliphatic hydroxyl groups excluding tert-OH is 1. The molecule has 2 N–H and O–H groups in total. The maximum atomic E-state index is 12.2. The Morgan fingerprint density at radius 3 is 1.80 bits per heavy atom. The molecule has 0 saturated heterocycles. The Labute approximate surface area is 146 Å². The third-order valence-corrected chi connectivity index (χ3v) is 3.76. The molecular formula is C21H18N2O2. The Morgan fingerprint density at radius 2 is 1.24 bits per heavy atom. The van der Waals surface area contributed by atoms with Crippen LogP contribution in [0.25, 0.3) is 0 Å². The van der Waals surface area contributed by atoms with Gasteiger partial charge in [-0.1, -0.05) is 78.9 Å². The van der Waals surface area contributed by atoms with Crippen LogP contribution in [0.3, 0.4) is 0 Å². The first-order chi connectivity index (χ1) is 12.3. The van der Waals surface area contributed by atoms with Crippen LogP contribution in [0.15, 0.2) is 96.1 Å². The quantitative estimate of drug-likeness (QED) is 0.555. The number of hydrogen-bond donors (Lipinski definition) is 2. The van der Waals surface area contributed by atoms with Crippen molar-refractivity contribution in [3.05, 3.63) is 108 Å². The number of benzene rings is 3. The normalized spacial score (nSPS) is 12.4. The van der Waals surface area contributed by atoms with Gasteiger partial charge in [0, 0.05) is 11.1 Å². The van der Waals surface area contributed by atoms with Crippen molar-refractivity contribution >= 4 is 11.6 Å². The molecular weight excluding hydrogens is 312 g/mol. The van der Waals surface area contributed by atoms with Crippen LogP contribution < -0.4 is 5.43 Å². The molecule has 124 valence electrons. The highest BCUT2D eigenvalue weighted by molar-refractivity contribution is 6.05. The van der Waals surface area contributed by atoms with Crippen LogP contribution in [0.5, 0.6) is 0 Å². The lowest BCUT2D eigenvalue weighted by Gasteiger charge is -2.15. The molecule has 1 atom stereocenters. The second-order valence-corrected chi connectivity index (χ2v) is 5.48. The molecule has 3 aromatic carbocycles. The monoisotopic (exact) mass is 330 g/mol. The fourth-order valence-electron chi connectivity index (χ4n) is 2.45. The molecule has 0 heterocycles. The summed E-state index contributed by atoms with van der Waals surface area (Å²) in [6.07, 6.45) is -0.945. The van der Waals surface area contributed by atoms with Gasteiger partial charge in [-0.2, -0.15) is 5.10 Å². The first kappa shape index (κ1) is 16.6. The number of hydrazone groups is 1. The van der Waals surface area contributed by atoms with E-state index in [1.54, 1.807) is 24.3 Å². The van der Waals surface area contributed by atoms with Crippen LogP contribution in [-0.2, 0) is 0 Å². The molecule has 0 aliphatic rings. The minimum atomic E-state index is -0.945. The summed E-state index contributed by atoms with van der Waals surface area (Å²) in [6.45, 7) is 0. The van der Waals surface area contributed by atoms with Gasteiger partial charge >= 0.3 is 0 Å². The van der Waals surface area contributed by atoms with Gasteiger partial charge in [-0.25, -0.2) is 5.43 Å². The standard InChI is InChI=1S/C21H18N2O2/c24-20(17-12-6-2-7-13-17)19(16-10-4-1-5-11-16)22-23-21(25)18-14-8-3-9-15-18/h1-15,20,24H,(H,23,25)/b22-19-/t20-/m1/s1. The smallest absolute Gasteiger partial charge is 0.271 e. The highest BCUT2D eigenvalue weighted by Crippen LogP contribution is 2.19. The lowest BCUT2D eigenvalue weighted by molar-refractivity contribution is 0.0954. The molecule has 0 spiro atoms. The zero-order valence-corrected chi connectivity index (χ0v) is 13.5. The average molecular weight is 330 g/mol. The van der Waals surface area contributed by atoms with Gasteiger partial charge in [0.15, 0.2) is 0 Å². The molecule has 0 aliphatic heterocycles. The summed E-state index contributed by atoms with van der Waals surface area (Å²) in [6, 6.07) is 27.4. The highest BCUT2D eigenvalue weighted by Gasteiger charge is 2.17. The van der Waals surface area contributed by atoms with Crippen molar-refractivity contribution in [3.63, 3.8) is 0 Å². The van der Waals surface area contributed by atoms with Crippen molar-refractivity contribution in [3.8, 4) is 0 Å². The van der Waals surface area contributed by atoms with Crippen LogP contribution in [0.1, 0.15) is 27.6 Å². The first-order valence-corrected chi connectivity index (χ1v) is 7.97. The van der Waals surface area contributed by atoms with Gasteiger partial charge in [0.2, 0.25) is 0 Å². The van der Waals surface area contributed by atoms with E-state index in [4.69, 9.17) is 0 Å². The Bertz CT molecular complexity index is 847. The van der Waals surface area contributed by atoms with Crippen LogP contribution in [-0.4, -0.2) is 16.7 Å². The summed E-state index contributed by atoms with van der Waals surface area (Å²) in [5.74, 6) is -0.325. The molecule has 0 aromatic heterocycles. The fraction of sp³-hybridized carbons (Fsp3) is 0.0476. The first-order valence-electron chi connectivity index (χ1n) is 7.97. The molecule has 0 saturated carbocycles. The van der Waals surface area contributed by atoms with E-state index in [1.165, 1.54) is 0 Å². The van der Waals surface area contributed by atoms with Crippen molar-refractivity contribution in [2.24, 2.45) is 5.10 Å². The molecule has 1 amide bonds. The van der Waals surface area contributed by atoms with Crippen molar-refractivity contribution < 1.29 is 9.90 Å². The number of carbonyl (C=O) groups is 1. The minimum absolute atomic E-state index is 0.325. The predicted octanol–water partition coefficient (Wildman–Crippen LogP) is 3.55. The van der Waals surface area contributed by atoms with Crippen molar-refractivity contribution in [2.45, 2.75) is 6.10 Å². The van der Waals surface area contributed by atoms with E-state index in [0.29, 0.717) is 16.8 Å². The zero-order valence-electron chi connectivity index (χ0n) is 13.5. The fourth-order valence-corrected chi connectivity index (χ4v) is 2.45. The van der Waals surface area contributed by atoms with Gasteiger partial charge < -0.3 is 5.11 Å². The molecule has 25 heavy (non-hydrogen) atoms. The van der Waals surface area contributed by atoms with Crippen LogP contribution >= 0.6 is 0 Å². The maximum absolute atomic E-state index is 12.2. The predicted molar refractivity (Wildman–Crippen MR) is 98.3 cm³/mol. The Balaban J connectivity index is 1.90. The number of hydrogen-bond acceptors (Lipinski definition) is 3. The van der Waals surface area contributed by atoms with Crippen LogP contribution in [0, 0.1) is 0 Å².